The van der Waals surface area contributed by atoms with E-state index in [0.717, 1.165) is 21.9 Å². The molecule has 3 heterocycles. The molecule has 1 aliphatic heterocycles. The zero-order chi connectivity index (χ0) is 18.9. The van der Waals surface area contributed by atoms with Crippen LogP contribution in [-0.4, -0.2) is 67.3 Å². The maximum atomic E-state index is 12.5. The van der Waals surface area contributed by atoms with Crippen LogP contribution in [0.1, 0.15) is 25.2 Å². The van der Waals surface area contributed by atoms with E-state index in [-0.39, 0.29) is 18.5 Å². The van der Waals surface area contributed by atoms with Crippen molar-refractivity contribution in [3.05, 3.63) is 16.8 Å². The minimum absolute atomic E-state index is 0.0334. The van der Waals surface area contributed by atoms with Gasteiger partial charge in [0.25, 0.3) is 0 Å². The third kappa shape index (κ3) is 4.16. The van der Waals surface area contributed by atoms with Crippen LogP contribution in [0.25, 0.3) is 10.2 Å². The molecule has 9 heteroatoms. The van der Waals surface area contributed by atoms with Crippen molar-refractivity contribution < 1.29 is 13.2 Å². The Kier molecular flexibility index (Phi) is 5.81. The Morgan fingerprint density at radius 2 is 1.88 bits per heavy atom. The molecule has 0 N–H and O–H groups in total. The standard InChI is InChI=1S/C17H26N4O3S2/c1-12(2)24-9-10-26(22,23)21-7-5-20(6-8-21)16-15-13(3)11-25-17(15)19-14(4)18-16/h11-12H,5-10H2,1-4H3. The lowest BCUT2D eigenvalue weighted by atomic mass is 10.2. The second-order valence-corrected chi connectivity index (χ2v) is 9.76. The number of hydrogen-bond acceptors (Lipinski definition) is 7. The van der Waals surface area contributed by atoms with Crippen molar-refractivity contribution in [3.63, 3.8) is 0 Å². The summed E-state index contributed by atoms with van der Waals surface area (Å²) >= 11 is 1.62. The zero-order valence-corrected chi connectivity index (χ0v) is 17.4. The van der Waals surface area contributed by atoms with Crippen molar-refractivity contribution in [3.8, 4) is 0 Å². The summed E-state index contributed by atoms with van der Waals surface area (Å²) < 4.78 is 31.9. The molecule has 0 radical (unpaired) electrons. The fourth-order valence-electron chi connectivity index (χ4n) is 3.09. The first-order valence-corrected chi connectivity index (χ1v) is 11.3. The third-order valence-electron chi connectivity index (χ3n) is 4.43. The molecular formula is C17H26N4O3S2. The number of piperazine rings is 1. The van der Waals surface area contributed by atoms with Crippen LogP contribution in [0.3, 0.4) is 0 Å². The number of rotatable bonds is 6. The molecule has 0 atom stereocenters. The fourth-order valence-corrected chi connectivity index (χ4v) is 5.34. The highest BCUT2D eigenvalue weighted by Gasteiger charge is 2.28. The largest absolute Gasteiger partial charge is 0.378 e. The predicted octanol–water partition coefficient (Wildman–Crippen LogP) is 2.18. The average Bonchev–Trinajstić information content (AvgIpc) is 2.94. The molecule has 1 aliphatic rings. The van der Waals surface area contributed by atoms with Crippen LogP contribution in [0.4, 0.5) is 5.82 Å². The Morgan fingerprint density at radius 3 is 2.54 bits per heavy atom. The van der Waals surface area contributed by atoms with Gasteiger partial charge in [0.15, 0.2) is 0 Å². The van der Waals surface area contributed by atoms with E-state index in [4.69, 9.17) is 4.74 Å². The molecule has 0 saturated carbocycles. The highest BCUT2D eigenvalue weighted by Crippen LogP contribution is 2.32. The molecule has 0 aromatic carbocycles. The quantitative estimate of drug-likeness (QED) is 0.742. The number of fused-ring (bicyclic) bond motifs is 1. The number of anilines is 1. The zero-order valence-electron chi connectivity index (χ0n) is 15.7. The van der Waals surface area contributed by atoms with Crippen LogP contribution in [-0.2, 0) is 14.8 Å². The summed E-state index contributed by atoms with van der Waals surface area (Å²) in [5.41, 5.74) is 1.17. The van der Waals surface area contributed by atoms with Crippen molar-refractivity contribution in [2.75, 3.05) is 43.4 Å². The van der Waals surface area contributed by atoms with Crippen molar-refractivity contribution in [2.45, 2.75) is 33.8 Å². The first-order valence-electron chi connectivity index (χ1n) is 8.85. The van der Waals surface area contributed by atoms with Crippen LogP contribution in [0.2, 0.25) is 0 Å². The van der Waals surface area contributed by atoms with Crippen LogP contribution in [0, 0.1) is 13.8 Å². The van der Waals surface area contributed by atoms with Crippen molar-refractivity contribution >= 4 is 37.4 Å². The SMILES string of the molecule is Cc1nc(N2CCN(S(=O)(=O)CCOC(C)C)CC2)c2c(C)csc2n1. The van der Waals surface area contributed by atoms with Gasteiger partial charge in [-0.1, -0.05) is 0 Å². The minimum atomic E-state index is -3.28. The van der Waals surface area contributed by atoms with Crippen molar-refractivity contribution in [1.82, 2.24) is 14.3 Å². The van der Waals surface area contributed by atoms with Gasteiger partial charge >= 0.3 is 0 Å². The van der Waals surface area contributed by atoms with E-state index in [1.54, 1.807) is 15.6 Å². The number of nitrogens with zero attached hydrogens (tertiary/aromatic N) is 4. The number of ether oxygens (including phenoxy) is 1. The molecule has 1 fully saturated rings. The van der Waals surface area contributed by atoms with Crippen LogP contribution in [0.5, 0.6) is 0 Å². The molecule has 0 amide bonds. The van der Waals surface area contributed by atoms with Gasteiger partial charge in [-0.25, -0.2) is 18.4 Å². The lowest BCUT2D eigenvalue weighted by molar-refractivity contribution is 0.0906. The van der Waals surface area contributed by atoms with Gasteiger partial charge in [-0.3, -0.25) is 0 Å². The minimum Gasteiger partial charge on any atom is -0.378 e. The summed E-state index contributed by atoms with van der Waals surface area (Å²) in [6.07, 6.45) is 0.0410. The van der Waals surface area contributed by atoms with Gasteiger partial charge in [-0.2, -0.15) is 4.31 Å². The number of thiophene rings is 1. The molecule has 0 unspecified atom stereocenters. The summed E-state index contributed by atoms with van der Waals surface area (Å²) in [7, 11) is -3.28. The van der Waals surface area contributed by atoms with Gasteiger partial charge in [0.2, 0.25) is 10.0 Å². The third-order valence-corrected chi connectivity index (χ3v) is 7.26. The Labute approximate surface area is 159 Å². The predicted molar refractivity (Wildman–Crippen MR) is 106 cm³/mol. The molecule has 1 saturated heterocycles. The fraction of sp³-hybridized carbons (Fsp3) is 0.647. The van der Waals surface area contributed by atoms with Crippen molar-refractivity contribution in [1.29, 1.82) is 0 Å². The summed E-state index contributed by atoms with van der Waals surface area (Å²) in [5, 5.41) is 3.18. The molecule has 0 spiro atoms. The molecule has 144 valence electrons. The second kappa shape index (κ2) is 7.75. The summed E-state index contributed by atoms with van der Waals surface area (Å²) in [6.45, 7) is 10.2. The first kappa shape index (κ1) is 19.5. The van der Waals surface area contributed by atoms with Crippen molar-refractivity contribution in [2.24, 2.45) is 0 Å². The van der Waals surface area contributed by atoms with Gasteiger partial charge in [0, 0.05) is 26.2 Å². The highest BCUT2D eigenvalue weighted by molar-refractivity contribution is 7.89. The number of aryl methyl sites for hydroxylation is 2. The maximum Gasteiger partial charge on any atom is 0.216 e. The smallest absolute Gasteiger partial charge is 0.216 e. The van der Waals surface area contributed by atoms with E-state index < -0.39 is 10.0 Å². The molecule has 0 bridgehead atoms. The lowest BCUT2D eigenvalue weighted by Crippen LogP contribution is -2.50. The molecule has 26 heavy (non-hydrogen) atoms. The first-order chi connectivity index (χ1) is 12.3. The van der Waals surface area contributed by atoms with E-state index in [9.17, 15) is 8.42 Å². The molecule has 2 aromatic heterocycles. The number of sulfonamides is 1. The summed E-state index contributed by atoms with van der Waals surface area (Å²) in [4.78, 5) is 12.3. The summed E-state index contributed by atoms with van der Waals surface area (Å²) in [5.74, 6) is 1.70. The Hall–Kier alpha value is -1.29. The molecule has 0 aliphatic carbocycles. The van der Waals surface area contributed by atoms with Crippen LogP contribution >= 0.6 is 11.3 Å². The molecule has 7 nitrogen and oxygen atoms in total. The summed E-state index contributed by atoms with van der Waals surface area (Å²) in [6, 6.07) is 0. The van der Waals surface area contributed by atoms with E-state index in [0.29, 0.717) is 26.2 Å². The highest BCUT2D eigenvalue weighted by atomic mass is 32.2. The van der Waals surface area contributed by atoms with E-state index in [2.05, 4.69) is 27.2 Å². The van der Waals surface area contributed by atoms with Gasteiger partial charge < -0.3 is 9.64 Å². The Morgan fingerprint density at radius 1 is 1.19 bits per heavy atom. The van der Waals surface area contributed by atoms with Gasteiger partial charge in [-0.05, 0) is 38.6 Å². The van der Waals surface area contributed by atoms with Gasteiger partial charge in [0.05, 0.1) is 23.8 Å². The number of hydrogen-bond donors (Lipinski definition) is 0. The molecule has 3 rings (SSSR count). The van der Waals surface area contributed by atoms with E-state index in [1.165, 1.54) is 5.56 Å². The van der Waals surface area contributed by atoms with Crippen LogP contribution in [0.15, 0.2) is 5.38 Å². The van der Waals surface area contributed by atoms with Crippen LogP contribution < -0.4 is 4.90 Å². The molecule has 2 aromatic rings. The van der Waals surface area contributed by atoms with Gasteiger partial charge in [-0.15, -0.1) is 11.3 Å². The lowest BCUT2D eigenvalue weighted by Gasteiger charge is -2.35. The monoisotopic (exact) mass is 398 g/mol. The number of aromatic nitrogens is 2. The van der Waals surface area contributed by atoms with Gasteiger partial charge in [0.1, 0.15) is 16.5 Å². The second-order valence-electron chi connectivity index (χ2n) is 6.81. The Balaban J connectivity index is 1.70. The maximum absolute atomic E-state index is 12.5. The van der Waals surface area contributed by atoms with E-state index in [1.807, 2.05) is 20.8 Å². The molecular weight excluding hydrogens is 372 g/mol. The average molecular weight is 399 g/mol. The topological polar surface area (TPSA) is 75.6 Å². The van der Waals surface area contributed by atoms with E-state index >= 15 is 0 Å². The Bertz CT molecular complexity index is 872. The normalized spacial score (nSPS) is 16.7.